The fourth-order valence-corrected chi connectivity index (χ4v) is 4.98. The van der Waals surface area contributed by atoms with Crippen LogP contribution in [0.25, 0.3) is 0 Å². The molecule has 2 rings (SSSR count). The first-order valence-corrected chi connectivity index (χ1v) is 9.15. The van der Waals surface area contributed by atoms with E-state index < -0.39 is 27.2 Å². The van der Waals surface area contributed by atoms with Crippen LogP contribution in [0, 0.1) is 5.92 Å². The maximum Gasteiger partial charge on any atom is 0.391 e. The molecule has 2 fully saturated rings. The van der Waals surface area contributed by atoms with Gasteiger partial charge in [-0.3, -0.25) is 0 Å². The Bertz CT molecular complexity index is 435. The average Bonchev–Trinajstić information content (AvgIpc) is 2.76. The quantitative estimate of drug-likeness (QED) is 0.871. The maximum absolute atomic E-state index is 12.8. The molecule has 0 spiro atoms. The number of hydrogen-bond acceptors (Lipinski definition) is 3. The molecule has 0 bridgehead atoms. The molecule has 1 N–H and O–H groups in total. The van der Waals surface area contributed by atoms with E-state index >= 15 is 0 Å². The third-order valence-electron chi connectivity index (χ3n) is 4.59. The normalized spacial score (nSPS) is 36.2. The van der Waals surface area contributed by atoms with Gasteiger partial charge in [-0.2, -0.15) is 13.2 Å². The molecule has 2 saturated carbocycles. The van der Waals surface area contributed by atoms with Crippen LogP contribution in [0.5, 0.6) is 0 Å². The third-order valence-corrected chi connectivity index (χ3v) is 6.25. The Morgan fingerprint density at radius 3 is 2.30 bits per heavy atom. The van der Waals surface area contributed by atoms with Crippen molar-refractivity contribution in [1.29, 1.82) is 0 Å². The zero-order valence-electron chi connectivity index (χ0n) is 11.6. The van der Waals surface area contributed by atoms with Crippen molar-refractivity contribution in [3.8, 4) is 0 Å². The molecule has 0 aromatic heterocycles. The van der Waals surface area contributed by atoms with Gasteiger partial charge in [0.1, 0.15) is 0 Å². The standard InChI is InChI=1S/C13H22F3NO2S/c1-20(18,19)12-7-3-6-11(12)17-10-5-2-4-9(8-10)13(14,15)16/h9-12,17H,2-8H2,1H3. The summed E-state index contributed by atoms with van der Waals surface area (Å²) in [7, 11) is -3.13. The second-order valence-electron chi connectivity index (χ2n) is 6.17. The van der Waals surface area contributed by atoms with Crippen molar-refractivity contribution in [3.63, 3.8) is 0 Å². The van der Waals surface area contributed by atoms with E-state index in [1.54, 1.807) is 0 Å². The summed E-state index contributed by atoms with van der Waals surface area (Å²) in [5.74, 6) is -1.24. The maximum atomic E-state index is 12.8. The molecule has 0 amide bonds. The number of sulfone groups is 1. The van der Waals surface area contributed by atoms with Gasteiger partial charge in [-0.1, -0.05) is 12.8 Å². The van der Waals surface area contributed by atoms with Gasteiger partial charge in [-0.15, -0.1) is 0 Å². The summed E-state index contributed by atoms with van der Waals surface area (Å²) in [4.78, 5) is 0. The molecule has 3 nitrogen and oxygen atoms in total. The van der Waals surface area contributed by atoms with Crippen molar-refractivity contribution >= 4 is 9.84 Å². The van der Waals surface area contributed by atoms with Crippen LogP contribution in [0.1, 0.15) is 44.9 Å². The van der Waals surface area contributed by atoms with Gasteiger partial charge < -0.3 is 5.32 Å². The molecule has 0 radical (unpaired) electrons. The summed E-state index contributed by atoms with van der Waals surface area (Å²) >= 11 is 0. The Hall–Kier alpha value is -0.300. The van der Waals surface area contributed by atoms with E-state index in [0.717, 1.165) is 12.8 Å². The van der Waals surface area contributed by atoms with Crippen LogP contribution in [-0.4, -0.2) is 38.2 Å². The van der Waals surface area contributed by atoms with Crippen molar-refractivity contribution in [1.82, 2.24) is 5.32 Å². The van der Waals surface area contributed by atoms with Crippen molar-refractivity contribution in [2.75, 3.05) is 6.26 Å². The lowest BCUT2D eigenvalue weighted by molar-refractivity contribution is -0.183. The van der Waals surface area contributed by atoms with E-state index in [-0.39, 0.29) is 24.9 Å². The predicted molar refractivity (Wildman–Crippen MR) is 71.2 cm³/mol. The Kier molecular flexibility index (Phi) is 4.69. The zero-order valence-corrected chi connectivity index (χ0v) is 12.4. The Morgan fingerprint density at radius 2 is 1.70 bits per heavy atom. The summed E-state index contributed by atoms with van der Waals surface area (Å²) in [5, 5.41) is 2.76. The highest BCUT2D eigenvalue weighted by atomic mass is 32.2. The largest absolute Gasteiger partial charge is 0.391 e. The van der Waals surface area contributed by atoms with Gasteiger partial charge in [0.05, 0.1) is 11.2 Å². The number of hydrogen-bond donors (Lipinski definition) is 1. The van der Waals surface area contributed by atoms with E-state index in [1.165, 1.54) is 6.26 Å². The Balaban J connectivity index is 1.96. The van der Waals surface area contributed by atoms with E-state index in [1.807, 2.05) is 0 Å². The average molecular weight is 313 g/mol. The minimum Gasteiger partial charge on any atom is -0.310 e. The lowest BCUT2D eigenvalue weighted by Crippen LogP contribution is -2.48. The van der Waals surface area contributed by atoms with E-state index in [4.69, 9.17) is 0 Å². The van der Waals surface area contributed by atoms with Crippen LogP contribution in [-0.2, 0) is 9.84 Å². The van der Waals surface area contributed by atoms with Crippen LogP contribution in [0.3, 0.4) is 0 Å². The molecule has 20 heavy (non-hydrogen) atoms. The number of nitrogens with one attached hydrogen (secondary N) is 1. The van der Waals surface area contributed by atoms with Crippen LogP contribution in [0.15, 0.2) is 0 Å². The Labute approximate surface area is 118 Å². The van der Waals surface area contributed by atoms with Gasteiger partial charge in [0.25, 0.3) is 0 Å². The first kappa shape index (κ1) is 16.1. The minimum absolute atomic E-state index is 0.0798. The minimum atomic E-state index is -4.13. The smallest absolute Gasteiger partial charge is 0.310 e. The van der Waals surface area contributed by atoms with Crippen LogP contribution in [0.4, 0.5) is 13.2 Å². The number of halogens is 3. The highest BCUT2D eigenvalue weighted by molar-refractivity contribution is 7.91. The van der Waals surface area contributed by atoms with Crippen molar-refractivity contribution in [3.05, 3.63) is 0 Å². The summed E-state index contributed by atoms with van der Waals surface area (Å²) in [6, 6.07) is -0.385. The molecule has 0 aromatic rings. The second-order valence-corrected chi connectivity index (χ2v) is 8.44. The van der Waals surface area contributed by atoms with Gasteiger partial charge in [0.2, 0.25) is 0 Å². The van der Waals surface area contributed by atoms with Crippen molar-refractivity contribution in [2.45, 2.75) is 68.5 Å². The van der Waals surface area contributed by atoms with Crippen molar-refractivity contribution < 1.29 is 21.6 Å². The van der Waals surface area contributed by atoms with E-state index in [0.29, 0.717) is 19.3 Å². The monoisotopic (exact) mass is 313 g/mol. The summed E-state index contributed by atoms with van der Waals surface area (Å²) in [6.07, 6.45) is 0.807. The molecule has 2 aliphatic carbocycles. The molecule has 0 aliphatic heterocycles. The van der Waals surface area contributed by atoms with Crippen LogP contribution < -0.4 is 5.32 Å². The third kappa shape index (κ3) is 3.87. The summed E-state index contributed by atoms with van der Waals surface area (Å²) in [5.41, 5.74) is 0. The zero-order chi connectivity index (χ0) is 15.0. The molecular formula is C13H22F3NO2S. The van der Waals surface area contributed by atoms with Crippen molar-refractivity contribution in [2.24, 2.45) is 5.92 Å². The van der Waals surface area contributed by atoms with Gasteiger partial charge in [-0.05, 0) is 32.1 Å². The number of alkyl halides is 3. The SMILES string of the molecule is CS(=O)(=O)C1CCCC1NC1CCCC(C(F)(F)F)C1. The molecule has 118 valence electrons. The lowest BCUT2D eigenvalue weighted by Gasteiger charge is -2.34. The van der Waals surface area contributed by atoms with Crippen LogP contribution in [0.2, 0.25) is 0 Å². The fraction of sp³-hybridized carbons (Fsp3) is 1.00. The predicted octanol–water partition coefficient (Wildman–Crippen LogP) is 2.66. The molecule has 0 saturated heterocycles. The van der Waals surface area contributed by atoms with Crippen LogP contribution >= 0.6 is 0 Å². The fourth-order valence-electron chi connectivity index (χ4n) is 3.57. The lowest BCUT2D eigenvalue weighted by atomic mass is 9.85. The number of rotatable bonds is 3. The van der Waals surface area contributed by atoms with E-state index in [2.05, 4.69) is 5.32 Å². The van der Waals surface area contributed by atoms with Gasteiger partial charge in [0, 0.05) is 18.3 Å². The van der Waals surface area contributed by atoms with Gasteiger partial charge in [0.15, 0.2) is 9.84 Å². The Morgan fingerprint density at radius 1 is 1.05 bits per heavy atom. The summed E-state index contributed by atoms with van der Waals surface area (Å²) in [6.45, 7) is 0. The topological polar surface area (TPSA) is 46.2 Å². The first-order chi connectivity index (χ1) is 9.18. The second kappa shape index (κ2) is 5.83. The summed E-state index contributed by atoms with van der Waals surface area (Å²) < 4.78 is 61.7. The molecule has 7 heteroatoms. The first-order valence-electron chi connectivity index (χ1n) is 7.19. The highest BCUT2D eigenvalue weighted by Gasteiger charge is 2.43. The molecule has 2 aliphatic rings. The van der Waals surface area contributed by atoms with E-state index in [9.17, 15) is 21.6 Å². The molecular weight excluding hydrogens is 291 g/mol. The molecule has 0 aromatic carbocycles. The van der Waals surface area contributed by atoms with Gasteiger partial charge in [-0.25, -0.2) is 8.42 Å². The molecule has 4 unspecified atom stereocenters. The molecule has 0 heterocycles. The highest BCUT2D eigenvalue weighted by Crippen LogP contribution is 2.38. The van der Waals surface area contributed by atoms with Gasteiger partial charge >= 0.3 is 6.18 Å². The molecule has 4 atom stereocenters.